The van der Waals surface area contributed by atoms with E-state index >= 15 is 0 Å². The normalized spacial score (nSPS) is 30.9. The van der Waals surface area contributed by atoms with Crippen LogP contribution < -0.4 is 5.32 Å². The molecule has 3 heteroatoms. The van der Waals surface area contributed by atoms with Crippen LogP contribution in [0.3, 0.4) is 0 Å². The lowest BCUT2D eigenvalue weighted by Gasteiger charge is -2.33. The second-order valence-electron chi connectivity index (χ2n) is 3.81. The molecular formula is C9H18N2O. The average molecular weight is 170 g/mol. The lowest BCUT2D eigenvalue weighted by Crippen LogP contribution is -2.45. The van der Waals surface area contributed by atoms with Crippen LogP contribution in [0.2, 0.25) is 0 Å². The molecule has 3 nitrogen and oxygen atoms in total. The molecule has 0 aliphatic carbocycles. The van der Waals surface area contributed by atoms with E-state index in [4.69, 9.17) is 0 Å². The third-order valence-corrected chi connectivity index (χ3v) is 2.45. The number of nitrogens with zero attached hydrogens (tertiary/aromatic N) is 1. The number of hydrogen-bond acceptors (Lipinski definition) is 2. The highest BCUT2D eigenvalue weighted by atomic mass is 16.2. The Bertz CT molecular complexity index is 170. The standard InChI is InChI=1S/C9H18N2O/c1-7-4-8(5-10-2)9(12)11(3)6-7/h7-8,10H,4-6H2,1-3H3. The lowest BCUT2D eigenvalue weighted by molar-refractivity contribution is -0.138. The van der Waals surface area contributed by atoms with Gasteiger partial charge in [0.1, 0.15) is 0 Å². The molecule has 1 heterocycles. The van der Waals surface area contributed by atoms with E-state index in [1.54, 1.807) is 0 Å². The Morgan fingerprint density at radius 1 is 1.67 bits per heavy atom. The number of piperidine rings is 1. The van der Waals surface area contributed by atoms with E-state index in [0.717, 1.165) is 19.5 Å². The summed E-state index contributed by atoms with van der Waals surface area (Å²) >= 11 is 0. The van der Waals surface area contributed by atoms with Crippen LogP contribution >= 0.6 is 0 Å². The number of amides is 1. The Balaban J connectivity index is 2.54. The molecule has 0 aromatic rings. The van der Waals surface area contributed by atoms with Crippen LogP contribution in [-0.2, 0) is 4.79 Å². The van der Waals surface area contributed by atoms with E-state index in [2.05, 4.69) is 12.2 Å². The Morgan fingerprint density at radius 3 is 2.92 bits per heavy atom. The van der Waals surface area contributed by atoms with Crippen molar-refractivity contribution in [1.29, 1.82) is 0 Å². The van der Waals surface area contributed by atoms with Gasteiger partial charge in [0.05, 0.1) is 5.92 Å². The van der Waals surface area contributed by atoms with Gasteiger partial charge in [-0.2, -0.15) is 0 Å². The molecule has 2 atom stereocenters. The molecule has 0 saturated carbocycles. The maximum absolute atomic E-state index is 11.5. The zero-order valence-electron chi connectivity index (χ0n) is 8.13. The summed E-state index contributed by atoms with van der Waals surface area (Å²) in [7, 11) is 3.78. The summed E-state index contributed by atoms with van der Waals surface area (Å²) in [4.78, 5) is 13.4. The number of hydrogen-bond donors (Lipinski definition) is 1. The van der Waals surface area contributed by atoms with Gasteiger partial charge in [0, 0.05) is 20.1 Å². The van der Waals surface area contributed by atoms with Gasteiger partial charge in [-0.25, -0.2) is 0 Å². The van der Waals surface area contributed by atoms with Gasteiger partial charge in [0.25, 0.3) is 0 Å². The third-order valence-electron chi connectivity index (χ3n) is 2.45. The third kappa shape index (κ3) is 1.97. The minimum Gasteiger partial charge on any atom is -0.345 e. The molecule has 0 radical (unpaired) electrons. The quantitative estimate of drug-likeness (QED) is 0.647. The Kier molecular flexibility index (Phi) is 3.09. The molecule has 0 aromatic heterocycles. The summed E-state index contributed by atoms with van der Waals surface area (Å²) < 4.78 is 0. The molecule has 1 aliphatic heterocycles. The topological polar surface area (TPSA) is 32.3 Å². The van der Waals surface area contributed by atoms with Gasteiger partial charge in [0.15, 0.2) is 0 Å². The number of likely N-dealkylation sites (tertiary alicyclic amines) is 1. The first kappa shape index (κ1) is 9.52. The minimum atomic E-state index is 0.198. The highest BCUT2D eigenvalue weighted by Crippen LogP contribution is 2.20. The van der Waals surface area contributed by atoms with Crippen molar-refractivity contribution in [2.75, 3.05) is 27.2 Å². The maximum atomic E-state index is 11.5. The van der Waals surface area contributed by atoms with Gasteiger partial charge in [0.2, 0.25) is 5.91 Å². The summed E-state index contributed by atoms with van der Waals surface area (Å²) in [5.74, 6) is 1.14. The molecule has 1 N–H and O–H groups in total. The maximum Gasteiger partial charge on any atom is 0.226 e. The van der Waals surface area contributed by atoms with Crippen LogP contribution in [0.5, 0.6) is 0 Å². The van der Waals surface area contributed by atoms with Gasteiger partial charge < -0.3 is 10.2 Å². The fourth-order valence-electron chi connectivity index (χ4n) is 1.95. The molecule has 0 bridgehead atoms. The Hall–Kier alpha value is -0.570. The van der Waals surface area contributed by atoms with Gasteiger partial charge in [-0.05, 0) is 19.4 Å². The van der Waals surface area contributed by atoms with Crippen LogP contribution in [0.1, 0.15) is 13.3 Å². The number of carbonyl (C=O) groups is 1. The molecule has 1 aliphatic rings. The van der Waals surface area contributed by atoms with Crippen molar-refractivity contribution in [3.63, 3.8) is 0 Å². The van der Waals surface area contributed by atoms with E-state index in [0.29, 0.717) is 11.8 Å². The molecule has 0 aromatic carbocycles. The van der Waals surface area contributed by atoms with Crippen molar-refractivity contribution in [2.45, 2.75) is 13.3 Å². The highest BCUT2D eigenvalue weighted by Gasteiger charge is 2.29. The van der Waals surface area contributed by atoms with Crippen molar-refractivity contribution < 1.29 is 4.79 Å². The smallest absolute Gasteiger partial charge is 0.226 e. The van der Waals surface area contributed by atoms with Crippen LogP contribution in [0.25, 0.3) is 0 Å². The lowest BCUT2D eigenvalue weighted by atomic mass is 9.90. The van der Waals surface area contributed by atoms with E-state index in [1.807, 2.05) is 19.0 Å². The molecule has 0 spiro atoms. The van der Waals surface area contributed by atoms with Crippen molar-refractivity contribution in [2.24, 2.45) is 11.8 Å². The highest BCUT2D eigenvalue weighted by molar-refractivity contribution is 5.79. The molecule has 1 amide bonds. The predicted octanol–water partition coefficient (Wildman–Crippen LogP) is 0.320. The number of carbonyl (C=O) groups excluding carboxylic acids is 1. The number of rotatable bonds is 2. The van der Waals surface area contributed by atoms with Crippen molar-refractivity contribution in [3.05, 3.63) is 0 Å². The summed E-state index contributed by atoms with van der Waals surface area (Å²) in [5, 5.41) is 3.06. The molecule has 1 saturated heterocycles. The van der Waals surface area contributed by atoms with E-state index in [9.17, 15) is 4.79 Å². The summed E-state index contributed by atoms with van der Waals surface area (Å²) in [6.07, 6.45) is 1.03. The van der Waals surface area contributed by atoms with Gasteiger partial charge in [-0.15, -0.1) is 0 Å². The second kappa shape index (κ2) is 3.90. The first-order chi connectivity index (χ1) is 5.65. The molecule has 2 unspecified atom stereocenters. The second-order valence-corrected chi connectivity index (χ2v) is 3.81. The van der Waals surface area contributed by atoms with Gasteiger partial charge in [-0.1, -0.05) is 6.92 Å². The largest absolute Gasteiger partial charge is 0.345 e. The first-order valence-electron chi connectivity index (χ1n) is 4.54. The predicted molar refractivity (Wildman–Crippen MR) is 48.8 cm³/mol. The fraction of sp³-hybridized carbons (Fsp3) is 0.889. The minimum absolute atomic E-state index is 0.198. The number of nitrogens with one attached hydrogen (secondary N) is 1. The summed E-state index contributed by atoms with van der Waals surface area (Å²) in [5.41, 5.74) is 0. The van der Waals surface area contributed by atoms with Crippen molar-refractivity contribution >= 4 is 5.91 Å². The van der Waals surface area contributed by atoms with E-state index < -0.39 is 0 Å². The molecule has 1 rings (SSSR count). The average Bonchev–Trinajstić information content (AvgIpc) is 2.00. The SMILES string of the molecule is CNCC1CC(C)CN(C)C1=O. The van der Waals surface area contributed by atoms with Crippen LogP contribution in [-0.4, -0.2) is 38.0 Å². The summed E-state index contributed by atoms with van der Waals surface area (Å²) in [6, 6.07) is 0. The molecule has 12 heavy (non-hydrogen) atoms. The Morgan fingerprint density at radius 2 is 2.33 bits per heavy atom. The molecule has 70 valence electrons. The van der Waals surface area contributed by atoms with Gasteiger partial charge in [-0.3, -0.25) is 4.79 Å². The zero-order chi connectivity index (χ0) is 9.14. The summed E-state index contributed by atoms with van der Waals surface area (Å²) in [6.45, 7) is 3.93. The van der Waals surface area contributed by atoms with Crippen molar-refractivity contribution in [1.82, 2.24) is 10.2 Å². The zero-order valence-corrected chi connectivity index (χ0v) is 8.13. The van der Waals surface area contributed by atoms with E-state index in [-0.39, 0.29) is 5.92 Å². The fourth-order valence-corrected chi connectivity index (χ4v) is 1.95. The monoisotopic (exact) mass is 170 g/mol. The Labute approximate surface area is 74.1 Å². The molecular weight excluding hydrogens is 152 g/mol. The van der Waals surface area contributed by atoms with Crippen LogP contribution in [0.15, 0.2) is 0 Å². The van der Waals surface area contributed by atoms with Crippen LogP contribution in [0, 0.1) is 11.8 Å². The first-order valence-corrected chi connectivity index (χ1v) is 4.54. The van der Waals surface area contributed by atoms with Crippen LogP contribution in [0.4, 0.5) is 0 Å². The van der Waals surface area contributed by atoms with Crippen molar-refractivity contribution in [3.8, 4) is 0 Å². The van der Waals surface area contributed by atoms with E-state index in [1.165, 1.54) is 0 Å². The van der Waals surface area contributed by atoms with Gasteiger partial charge >= 0.3 is 0 Å². The molecule has 1 fully saturated rings.